The van der Waals surface area contributed by atoms with E-state index >= 15 is 0 Å². The summed E-state index contributed by atoms with van der Waals surface area (Å²) in [6.07, 6.45) is 12.6. The van der Waals surface area contributed by atoms with Crippen LogP contribution in [-0.2, 0) is 11.3 Å². The fraction of sp³-hybridized carbons (Fsp3) is 0.440. The lowest BCUT2D eigenvalue weighted by atomic mass is 9.77. The summed E-state index contributed by atoms with van der Waals surface area (Å²) in [7, 11) is 1.74. The van der Waals surface area contributed by atoms with Crippen LogP contribution in [0.1, 0.15) is 62.5 Å². The van der Waals surface area contributed by atoms with Gasteiger partial charge in [-0.1, -0.05) is 60.7 Å². The van der Waals surface area contributed by atoms with Crippen molar-refractivity contribution in [3.8, 4) is 11.1 Å². The molecular formula is C25H32O. The highest BCUT2D eigenvalue weighted by atomic mass is 16.5. The van der Waals surface area contributed by atoms with Crippen LogP contribution in [0.5, 0.6) is 0 Å². The molecule has 0 heterocycles. The van der Waals surface area contributed by atoms with Crippen molar-refractivity contribution < 1.29 is 4.74 Å². The van der Waals surface area contributed by atoms with Gasteiger partial charge in [0.15, 0.2) is 0 Å². The monoisotopic (exact) mass is 348 g/mol. The number of allylic oxidation sites excluding steroid dienone is 2. The van der Waals surface area contributed by atoms with E-state index in [1.165, 1.54) is 60.8 Å². The first-order valence-electron chi connectivity index (χ1n) is 10.1. The molecule has 0 aromatic heterocycles. The SMILES string of the molecule is CC=CCC[C@H]1CC[C@H](c2ccc(-c3ccc(COC)cc3)cc2)CC1. The van der Waals surface area contributed by atoms with E-state index in [0.29, 0.717) is 6.61 Å². The van der Waals surface area contributed by atoms with E-state index in [2.05, 4.69) is 67.6 Å². The number of hydrogen-bond donors (Lipinski definition) is 0. The molecule has 1 nitrogen and oxygen atoms in total. The molecule has 1 saturated carbocycles. The quantitative estimate of drug-likeness (QED) is 0.484. The van der Waals surface area contributed by atoms with Gasteiger partial charge in [-0.15, -0.1) is 0 Å². The lowest BCUT2D eigenvalue weighted by Crippen LogP contribution is -2.13. The molecule has 0 N–H and O–H groups in total. The highest BCUT2D eigenvalue weighted by molar-refractivity contribution is 5.64. The van der Waals surface area contributed by atoms with Gasteiger partial charge in [-0.3, -0.25) is 0 Å². The fourth-order valence-corrected chi connectivity index (χ4v) is 4.19. The van der Waals surface area contributed by atoms with Crippen LogP contribution in [0.15, 0.2) is 60.7 Å². The maximum absolute atomic E-state index is 5.19. The second-order valence-corrected chi connectivity index (χ2v) is 7.62. The molecule has 138 valence electrons. The van der Waals surface area contributed by atoms with E-state index < -0.39 is 0 Å². The first-order chi connectivity index (χ1) is 12.8. The molecule has 0 unspecified atom stereocenters. The Labute approximate surface area is 159 Å². The standard InChI is InChI=1S/C25H32O/c1-3-4-5-6-20-7-11-22(12-8-20)24-15-17-25(18-16-24)23-13-9-21(10-14-23)19-26-2/h3-4,9-10,13-18,20,22H,5-8,11-12,19H2,1-2H3/t20-,22-. The van der Waals surface area contributed by atoms with Crippen LogP contribution in [0, 0.1) is 5.92 Å². The average molecular weight is 349 g/mol. The summed E-state index contributed by atoms with van der Waals surface area (Å²) >= 11 is 0. The van der Waals surface area contributed by atoms with Crippen LogP contribution >= 0.6 is 0 Å². The predicted molar refractivity (Wildman–Crippen MR) is 111 cm³/mol. The first-order valence-corrected chi connectivity index (χ1v) is 10.1. The van der Waals surface area contributed by atoms with Crippen LogP contribution in [0.3, 0.4) is 0 Å². The molecule has 0 atom stereocenters. The van der Waals surface area contributed by atoms with Gasteiger partial charge in [0, 0.05) is 7.11 Å². The van der Waals surface area contributed by atoms with E-state index in [-0.39, 0.29) is 0 Å². The average Bonchev–Trinajstić information content (AvgIpc) is 2.70. The largest absolute Gasteiger partial charge is 0.380 e. The number of methoxy groups -OCH3 is 1. The second-order valence-electron chi connectivity index (χ2n) is 7.62. The summed E-state index contributed by atoms with van der Waals surface area (Å²) in [6, 6.07) is 18.0. The molecule has 3 rings (SSSR count). The molecule has 26 heavy (non-hydrogen) atoms. The van der Waals surface area contributed by atoms with Gasteiger partial charge in [0.05, 0.1) is 6.61 Å². The van der Waals surface area contributed by atoms with Crippen LogP contribution in [0.25, 0.3) is 11.1 Å². The number of benzene rings is 2. The lowest BCUT2D eigenvalue weighted by Gasteiger charge is -2.28. The number of rotatable bonds is 7. The third-order valence-corrected chi connectivity index (χ3v) is 5.80. The Morgan fingerprint density at radius 2 is 1.50 bits per heavy atom. The Bertz CT molecular complexity index is 673. The van der Waals surface area contributed by atoms with Crippen molar-refractivity contribution in [2.75, 3.05) is 7.11 Å². The predicted octanol–water partition coefficient (Wildman–Crippen LogP) is 7.13. The Balaban J connectivity index is 1.56. The third kappa shape index (κ3) is 5.08. The van der Waals surface area contributed by atoms with Crippen molar-refractivity contribution in [3.63, 3.8) is 0 Å². The summed E-state index contributed by atoms with van der Waals surface area (Å²) in [4.78, 5) is 0. The molecule has 0 spiro atoms. The summed E-state index contributed by atoms with van der Waals surface area (Å²) in [5.41, 5.74) is 5.33. The van der Waals surface area contributed by atoms with E-state index in [0.717, 1.165) is 11.8 Å². The maximum atomic E-state index is 5.19. The molecule has 0 aliphatic heterocycles. The molecule has 1 aliphatic carbocycles. The minimum absolute atomic E-state index is 0.677. The molecule has 0 radical (unpaired) electrons. The van der Waals surface area contributed by atoms with Crippen LogP contribution in [-0.4, -0.2) is 7.11 Å². The smallest absolute Gasteiger partial charge is 0.0713 e. The number of ether oxygens (including phenoxy) is 1. The minimum Gasteiger partial charge on any atom is -0.380 e. The molecule has 1 aliphatic rings. The molecular weight excluding hydrogens is 316 g/mol. The van der Waals surface area contributed by atoms with Gasteiger partial charge in [-0.2, -0.15) is 0 Å². The van der Waals surface area contributed by atoms with Gasteiger partial charge in [0.1, 0.15) is 0 Å². The van der Waals surface area contributed by atoms with Gasteiger partial charge in [0.25, 0.3) is 0 Å². The summed E-state index contributed by atoms with van der Waals surface area (Å²) in [5, 5.41) is 0. The lowest BCUT2D eigenvalue weighted by molar-refractivity contribution is 0.185. The fourth-order valence-electron chi connectivity index (χ4n) is 4.19. The molecule has 0 saturated heterocycles. The van der Waals surface area contributed by atoms with Crippen molar-refractivity contribution in [2.24, 2.45) is 5.92 Å². The Kier molecular flexibility index (Phi) is 7.08. The zero-order valence-electron chi connectivity index (χ0n) is 16.3. The van der Waals surface area contributed by atoms with E-state index in [1.807, 2.05) is 0 Å². The van der Waals surface area contributed by atoms with Crippen LogP contribution in [0.4, 0.5) is 0 Å². The molecule has 2 aromatic rings. The number of hydrogen-bond acceptors (Lipinski definition) is 1. The summed E-state index contributed by atoms with van der Waals surface area (Å²) < 4.78 is 5.19. The summed E-state index contributed by atoms with van der Waals surface area (Å²) in [5.74, 6) is 1.69. The van der Waals surface area contributed by atoms with E-state index in [4.69, 9.17) is 4.74 Å². The Hall–Kier alpha value is -1.86. The third-order valence-electron chi connectivity index (χ3n) is 5.80. The van der Waals surface area contributed by atoms with Crippen molar-refractivity contribution in [1.82, 2.24) is 0 Å². The molecule has 0 amide bonds. The van der Waals surface area contributed by atoms with Gasteiger partial charge in [-0.05, 0) is 79.5 Å². The molecule has 2 aromatic carbocycles. The van der Waals surface area contributed by atoms with Crippen molar-refractivity contribution >= 4 is 0 Å². The van der Waals surface area contributed by atoms with Gasteiger partial charge < -0.3 is 4.74 Å². The van der Waals surface area contributed by atoms with E-state index in [1.54, 1.807) is 7.11 Å². The van der Waals surface area contributed by atoms with Gasteiger partial charge in [0.2, 0.25) is 0 Å². The first kappa shape index (κ1) is 18.9. The Morgan fingerprint density at radius 1 is 0.885 bits per heavy atom. The highest BCUT2D eigenvalue weighted by Gasteiger charge is 2.21. The molecule has 0 bridgehead atoms. The zero-order chi connectivity index (χ0) is 18.2. The van der Waals surface area contributed by atoms with Crippen molar-refractivity contribution in [1.29, 1.82) is 0 Å². The van der Waals surface area contributed by atoms with Crippen LogP contribution in [0.2, 0.25) is 0 Å². The molecule has 1 heteroatoms. The normalized spacial score (nSPS) is 20.5. The Morgan fingerprint density at radius 3 is 2.08 bits per heavy atom. The van der Waals surface area contributed by atoms with Gasteiger partial charge >= 0.3 is 0 Å². The van der Waals surface area contributed by atoms with Crippen molar-refractivity contribution in [2.45, 2.75) is 58.0 Å². The molecule has 1 fully saturated rings. The highest BCUT2D eigenvalue weighted by Crippen LogP contribution is 2.38. The topological polar surface area (TPSA) is 9.23 Å². The maximum Gasteiger partial charge on any atom is 0.0713 e. The van der Waals surface area contributed by atoms with Gasteiger partial charge in [-0.25, -0.2) is 0 Å². The minimum atomic E-state index is 0.677. The van der Waals surface area contributed by atoms with Crippen LogP contribution < -0.4 is 0 Å². The van der Waals surface area contributed by atoms with E-state index in [9.17, 15) is 0 Å². The zero-order valence-corrected chi connectivity index (χ0v) is 16.3. The summed E-state index contributed by atoms with van der Waals surface area (Å²) in [6.45, 7) is 2.80. The second kappa shape index (κ2) is 9.73. The van der Waals surface area contributed by atoms with Crippen molar-refractivity contribution in [3.05, 3.63) is 71.8 Å².